The van der Waals surface area contributed by atoms with Crippen LogP contribution in [0.15, 0.2) is 40.0 Å². The minimum Gasteiger partial charge on any atom is -0.440 e. The number of hydrogen-bond acceptors (Lipinski definition) is 5. The molecule has 3 rings (SSSR count). The van der Waals surface area contributed by atoms with Gasteiger partial charge in [-0.1, -0.05) is 23.4 Å². The first-order chi connectivity index (χ1) is 11.0. The zero-order valence-corrected chi connectivity index (χ0v) is 14.7. The molecule has 0 unspecified atom stereocenters. The van der Waals surface area contributed by atoms with E-state index in [1.54, 1.807) is 6.20 Å². The minimum atomic E-state index is 0.593. The molecule has 0 N–H and O–H groups in total. The number of benzene rings is 1. The molecule has 0 aliphatic rings. The molecule has 4 nitrogen and oxygen atoms in total. The molecule has 0 saturated carbocycles. The number of rotatable bonds is 4. The van der Waals surface area contributed by atoms with E-state index in [1.165, 1.54) is 11.8 Å². The molecule has 118 valence electrons. The molecule has 1 aromatic carbocycles. The lowest BCUT2D eigenvalue weighted by Crippen LogP contribution is -1.98. The van der Waals surface area contributed by atoms with Crippen LogP contribution in [-0.4, -0.2) is 15.0 Å². The second-order valence-electron chi connectivity index (χ2n) is 5.22. The van der Waals surface area contributed by atoms with E-state index in [9.17, 15) is 0 Å². The fraction of sp³-hybridized carbons (Fsp3) is 0.235. The first-order valence-corrected chi connectivity index (χ1v) is 8.54. The maximum absolute atomic E-state index is 5.90. The van der Waals surface area contributed by atoms with Crippen LogP contribution >= 0.6 is 23.4 Å². The van der Waals surface area contributed by atoms with Crippen molar-refractivity contribution in [2.24, 2.45) is 0 Å². The zero-order chi connectivity index (χ0) is 16.4. The second kappa shape index (κ2) is 6.72. The van der Waals surface area contributed by atoms with Gasteiger partial charge in [0.25, 0.3) is 0 Å². The van der Waals surface area contributed by atoms with E-state index >= 15 is 0 Å². The SMILES string of the molecule is Cc1nc(SCc2ncc(-c3ccc(Cl)cc3)o2)nc(C)c1C. The number of oxazole rings is 1. The Hall–Kier alpha value is -1.85. The van der Waals surface area contributed by atoms with Gasteiger partial charge in [-0.2, -0.15) is 0 Å². The number of thioether (sulfide) groups is 1. The van der Waals surface area contributed by atoms with Crippen LogP contribution in [0.4, 0.5) is 0 Å². The first kappa shape index (κ1) is 16.0. The molecular formula is C17H16ClN3OS. The molecular weight excluding hydrogens is 330 g/mol. The highest BCUT2D eigenvalue weighted by Crippen LogP contribution is 2.26. The normalized spacial score (nSPS) is 11.0. The number of aromatic nitrogens is 3. The predicted molar refractivity (Wildman–Crippen MR) is 92.8 cm³/mol. The number of aryl methyl sites for hydroxylation is 2. The van der Waals surface area contributed by atoms with Crippen molar-refractivity contribution in [3.8, 4) is 11.3 Å². The van der Waals surface area contributed by atoms with Crippen LogP contribution in [-0.2, 0) is 5.75 Å². The number of nitrogens with zero attached hydrogens (tertiary/aromatic N) is 3. The van der Waals surface area contributed by atoms with Crippen molar-refractivity contribution >= 4 is 23.4 Å². The Morgan fingerprint density at radius 3 is 2.35 bits per heavy atom. The fourth-order valence-corrected chi connectivity index (χ4v) is 2.97. The van der Waals surface area contributed by atoms with E-state index in [-0.39, 0.29) is 0 Å². The summed E-state index contributed by atoms with van der Waals surface area (Å²) in [5, 5.41) is 1.45. The lowest BCUT2D eigenvalue weighted by Gasteiger charge is -2.05. The van der Waals surface area contributed by atoms with E-state index in [2.05, 4.69) is 15.0 Å². The molecule has 6 heteroatoms. The Balaban J connectivity index is 1.71. The summed E-state index contributed by atoms with van der Waals surface area (Å²) in [6.07, 6.45) is 1.73. The van der Waals surface area contributed by atoms with Gasteiger partial charge < -0.3 is 4.42 Å². The van der Waals surface area contributed by atoms with Crippen molar-refractivity contribution in [1.82, 2.24) is 15.0 Å². The zero-order valence-electron chi connectivity index (χ0n) is 13.1. The highest BCUT2D eigenvalue weighted by atomic mass is 35.5. The highest BCUT2D eigenvalue weighted by molar-refractivity contribution is 7.98. The van der Waals surface area contributed by atoms with Gasteiger partial charge in [-0.15, -0.1) is 0 Å². The van der Waals surface area contributed by atoms with Crippen molar-refractivity contribution in [1.29, 1.82) is 0 Å². The smallest absolute Gasteiger partial charge is 0.205 e. The van der Waals surface area contributed by atoms with Gasteiger partial charge in [0.1, 0.15) is 0 Å². The molecule has 0 atom stereocenters. The minimum absolute atomic E-state index is 0.593. The summed E-state index contributed by atoms with van der Waals surface area (Å²) in [6.45, 7) is 6.03. The van der Waals surface area contributed by atoms with Crippen LogP contribution < -0.4 is 0 Å². The highest BCUT2D eigenvalue weighted by Gasteiger charge is 2.10. The van der Waals surface area contributed by atoms with Crippen LogP contribution in [0.1, 0.15) is 22.8 Å². The average molecular weight is 346 g/mol. The summed E-state index contributed by atoms with van der Waals surface area (Å²) in [4.78, 5) is 13.3. The summed E-state index contributed by atoms with van der Waals surface area (Å²) >= 11 is 7.42. The van der Waals surface area contributed by atoms with E-state index in [0.29, 0.717) is 16.7 Å². The monoisotopic (exact) mass is 345 g/mol. The van der Waals surface area contributed by atoms with Crippen molar-refractivity contribution < 1.29 is 4.42 Å². The fourth-order valence-electron chi connectivity index (χ4n) is 2.06. The van der Waals surface area contributed by atoms with E-state index in [0.717, 1.165) is 33.4 Å². The van der Waals surface area contributed by atoms with E-state index < -0.39 is 0 Å². The van der Waals surface area contributed by atoms with Gasteiger partial charge in [0.2, 0.25) is 5.89 Å². The maximum Gasteiger partial charge on any atom is 0.205 e. The molecule has 3 aromatic rings. The Kier molecular flexibility index (Phi) is 4.68. The molecule has 0 aliphatic carbocycles. The molecule has 0 aliphatic heterocycles. The molecule has 0 saturated heterocycles. The van der Waals surface area contributed by atoms with Crippen molar-refractivity contribution in [3.05, 3.63) is 58.3 Å². The van der Waals surface area contributed by atoms with Crippen LogP contribution in [0.5, 0.6) is 0 Å². The molecule has 0 radical (unpaired) electrons. The molecule has 0 amide bonds. The third-order valence-electron chi connectivity index (χ3n) is 3.62. The lowest BCUT2D eigenvalue weighted by molar-refractivity contribution is 0.530. The van der Waals surface area contributed by atoms with Gasteiger partial charge in [0.15, 0.2) is 10.9 Å². The third-order valence-corrected chi connectivity index (χ3v) is 4.70. The number of halogens is 1. The Morgan fingerprint density at radius 1 is 1.04 bits per heavy atom. The van der Waals surface area contributed by atoms with Crippen molar-refractivity contribution in [2.75, 3.05) is 0 Å². The van der Waals surface area contributed by atoms with Crippen molar-refractivity contribution in [3.63, 3.8) is 0 Å². The Bertz CT molecular complexity index is 807. The Labute approximate surface area is 144 Å². The average Bonchev–Trinajstić information content (AvgIpc) is 3.00. The quantitative estimate of drug-likeness (QED) is 0.491. The van der Waals surface area contributed by atoms with Gasteiger partial charge in [-0.3, -0.25) is 0 Å². The van der Waals surface area contributed by atoms with Crippen molar-refractivity contribution in [2.45, 2.75) is 31.7 Å². The first-order valence-electron chi connectivity index (χ1n) is 7.18. The summed E-state index contributed by atoms with van der Waals surface area (Å²) in [6, 6.07) is 7.49. The molecule has 2 heterocycles. The summed E-state index contributed by atoms with van der Waals surface area (Å²) < 4.78 is 5.78. The van der Waals surface area contributed by atoms with Gasteiger partial charge in [0.05, 0.1) is 11.9 Å². The molecule has 0 bridgehead atoms. The van der Waals surface area contributed by atoms with Crippen LogP contribution in [0.2, 0.25) is 5.02 Å². The lowest BCUT2D eigenvalue weighted by atomic mass is 10.2. The van der Waals surface area contributed by atoms with Gasteiger partial charge in [-0.25, -0.2) is 15.0 Å². The van der Waals surface area contributed by atoms with Crippen LogP contribution in [0, 0.1) is 20.8 Å². The standard InChI is InChI=1S/C17H16ClN3OS/c1-10-11(2)20-17(21-12(10)3)23-9-16-19-8-15(22-16)13-4-6-14(18)7-5-13/h4-8H,9H2,1-3H3. The second-order valence-corrected chi connectivity index (χ2v) is 6.59. The summed E-state index contributed by atoms with van der Waals surface area (Å²) in [7, 11) is 0. The van der Waals surface area contributed by atoms with E-state index in [4.69, 9.17) is 16.0 Å². The topological polar surface area (TPSA) is 51.8 Å². The Morgan fingerprint density at radius 2 is 1.70 bits per heavy atom. The molecule has 2 aromatic heterocycles. The third kappa shape index (κ3) is 3.74. The van der Waals surface area contributed by atoms with Gasteiger partial charge in [0, 0.05) is 22.0 Å². The summed E-state index contributed by atoms with van der Waals surface area (Å²) in [5.74, 6) is 1.98. The van der Waals surface area contributed by atoms with Gasteiger partial charge >= 0.3 is 0 Å². The van der Waals surface area contributed by atoms with Gasteiger partial charge in [-0.05, 0) is 50.6 Å². The largest absolute Gasteiger partial charge is 0.440 e. The van der Waals surface area contributed by atoms with Crippen LogP contribution in [0.25, 0.3) is 11.3 Å². The van der Waals surface area contributed by atoms with Crippen LogP contribution in [0.3, 0.4) is 0 Å². The summed E-state index contributed by atoms with van der Waals surface area (Å²) in [5.41, 5.74) is 4.11. The number of hydrogen-bond donors (Lipinski definition) is 0. The predicted octanol–water partition coefficient (Wildman–Crippen LogP) is 5.00. The molecule has 0 fully saturated rings. The molecule has 23 heavy (non-hydrogen) atoms. The maximum atomic E-state index is 5.90. The molecule has 0 spiro atoms. The van der Waals surface area contributed by atoms with E-state index in [1.807, 2.05) is 45.0 Å².